The lowest BCUT2D eigenvalue weighted by Crippen LogP contribution is -2.32. The van der Waals surface area contributed by atoms with Crippen LogP contribution in [0.1, 0.15) is 36.6 Å². The predicted octanol–water partition coefficient (Wildman–Crippen LogP) is 4.88. The van der Waals surface area contributed by atoms with Gasteiger partial charge in [-0.3, -0.25) is 9.59 Å². The lowest BCUT2D eigenvalue weighted by atomic mass is 9.98. The Kier molecular flexibility index (Phi) is 4.81. The van der Waals surface area contributed by atoms with Crippen LogP contribution in [0.25, 0.3) is 11.1 Å². The van der Waals surface area contributed by atoms with Gasteiger partial charge in [-0.15, -0.1) is 0 Å². The number of imide groups is 1. The molecule has 1 aliphatic heterocycles. The summed E-state index contributed by atoms with van der Waals surface area (Å²) in [6.45, 7) is 0. The molecule has 1 aliphatic rings. The van der Waals surface area contributed by atoms with Gasteiger partial charge in [-0.1, -0.05) is 35.4 Å². The summed E-state index contributed by atoms with van der Waals surface area (Å²) in [6.07, 6.45) is -4.63. The summed E-state index contributed by atoms with van der Waals surface area (Å²) < 4.78 is 53.0. The topological polar surface area (TPSA) is 63.7 Å². The molecule has 1 heterocycles. The smallest absolute Gasteiger partial charge is 0.324 e. The Morgan fingerprint density at radius 2 is 1.45 bits per heavy atom. The predicted molar refractivity (Wildman–Crippen MR) is 99.2 cm³/mol. The molecule has 5 nitrogen and oxygen atoms in total. The van der Waals surface area contributed by atoms with Gasteiger partial charge in [0.25, 0.3) is 11.8 Å². The van der Waals surface area contributed by atoms with E-state index in [1.807, 2.05) is 0 Å². The number of hydrogen-bond acceptors (Lipinski definition) is 4. The third-order valence-corrected chi connectivity index (χ3v) is 4.63. The molecule has 0 unspecified atom stereocenters. The maximum Gasteiger partial charge on any atom is 0.416 e. The number of nitrogens with zero attached hydrogens (tertiary/aromatic N) is 1. The molecule has 156 valence electrons. The first kappa shape index (κ1) is 20.3. The Bertz CT molecular complexity index is 1200. The van der Waals surface area contributed by atoms with Gasteiger partial charge in [0.15, 0.2) is 0 Å². The van der Waals surface area contributed by atoms with Crippen molar-refractivity contribution in [3.8, 4) is 11.1 Å². The summed E-state index contributed by atoms with van der Waals surface area (Å²) in [4.78, 5) is 42.4. The summed E-state index contributed by atoms with van der Waals surface area (Å²) in [5, 5.41) is 0.244. The number of hydrogen-bond donors (Lipinski definition) is 0. The van der Waals surface area contributed by atoms with E-state index in [1.54, 1.807) is 0 Å². The second-order valence-corrected chi connectivity index (χ2v) is 6.60. The Morgan fingerprint density at radius 3 is 2.06 bits per heavy atom. The number of rotatable bonds is 3. The van der Waals surface area contributed by atoms with E-state index in [0.29, 0.717) is 0 Å². The minimum atomic E-state index is -4.63. The number of amides is 2. The molecule has 4 rings (SSSR count). The van der Waals surface area contributed by atoms with E-state index in [4.69, 9.17) is 4.84 Å². The maximum absolute atomic E-state index is 13.8. The Labute approximate surface area is 172 Å². The molecule has 0 atom stereocenters. The fourth-order valence-corrected chi connectivity index (χ4v) is 3.18. The van der Waals surface area contributed by atoms with Gasteiger partial charge in [-0.05, 0) is 47.5 Å². The first-order chi connectivity index (χ1) is 14.7. The van der Waals surface area contributed by atoms with Crippen molar-refractivity contribution in [2.75, 3.05) is 0 Å². The molecule has 0 spiro atoms. The molecule has 31 heavy (non-hydrogen) atoms. The normalized spacial score (nSPS) is 13.4. The molecule has 9 heteroatoms. The monoisotopic (exact) mass is 429 g/mol. The van der Waals surface area contributed by atoms with Crippen molar-refractivity contribution < 1.29 is 36.8 Å². The van der Waals surface area contributed by atoms with E-state index in [1.165, 1.54) is 30.3 Å². The highest BCUT2D eigenvalue weighted by Crippen LogP contribution is 2.34. The zero-order chi connectivity index (χ0) is 22.3. The van der Waals surface area contributed by atoms with Crippen LogP contribution in [-0.4, -0.2) is 22.8 Å². The summed E-state index contributed by atoms with van der Waals surface area (Å²) >= 11 is 0. The first-order valence-electron chi connectivity index (χ1n) is 8.84. The van der Waals surface area contributed by atoms with Crippen LogP contribution in [-0.2, 0) is 11.0 Å². The number of halogens is 4. The molecular weight excluding hydrogens is 418 g/mol. The SMILES string of the molecule is O=C(ON1C(=O)c2ccccc2C1=O)c1cc(F)ccc1-c1cccc(C(F)(F)F)c1. The minimum absolute atomic E-state index is 0.0239. The first-order valence-corrected chi connectivity index (χ1v) is 8.84. The number of fused-ring (bicyclic) bond motifs is 1. The third kappa shape index (κ3) is 3.65. The third-order valence-electron chi connectivity index (χ3n) is 4.63. The van der Waals surface area contributed by atoms with Crippen molar-refractivity contribution in [3.63, 3.8) is 0 Å². The van der Waals surface area contributed by atoms with Gasteiger partial charge in [0.2, 0.25) is 0 Å². The molecule has 0 radical (unpaired) electrons. The largest absolute Gasteiger partial charge is 0.416 e. The zero-order valence-electron chi connectivity index (χ0n) is 15.4. The molecule has 0 saturated carbocycles. The Balaban J connectivity index is 1.70. The quantitative estimate of drug-likeness (QED) is 0.440. The van der Waals surface area contributed by atoms with E-state index in [9.17, 15) is 31.9 Å². The second-order valence-electron chi connectivity index (χ2n) is 6.60. The zero-order valence-corrected chi connectivity index (χ0v) is 15.4. The van der Waals surface area contributed by atoms with Gasteiger partial charge in [0.05, 0.1) is 22.3 Å². The molecule has 2 amide bonds. The van der Waals surface area contributed by atoms with E-state index in [2.05, 4.69) is 0 Å². The molecule has 0 bridgehead atoms. The van der Waals surface area contributed by atoms with Crippen molar-refractivity contribution in [2.45, 2.75) is 6.18 Å². The fraction of sp³-hybridized carbons (Fsp3) is 0.0455. The molecule has 3 aromatic carbocycles. The summed E-state index contributed by atoms with van der Waals surface area (Å²) in [7, 11) is 0. The number of alkyl halides is 3. The lowest BCUT2D eigenvalue weighted by Gasteiger charge is -2.15. The molecule has 3 aromatic rings. The number of carbonyl (C=O) groups is 3. The second kappa shape index (κ2) is 7.35. The fourth-order valence-electron chi connectivity index (χ4n) is 3.18. The number of carbonyl (C=O) groups excluding carboxylic acids is 3. The highest BCUT2D eigenvalue weighted by Gasteiger charge is 2.39. The van der Waals surface area contributed by atoms with Gasteiger partial charge < -0.3 is 4.84 Å². The number of hydroxylamine groups is 2. The van der Waals surface area contributed by atoms with Crippen LogP contribution in [0.3, 0.4) is 0 Å². The van der Waals surface area contributed by atoms with Gasteiger partial charge in [-0.25, -0.2) is 9.18 Å². The Hall–Kier alpha value is -4.01. The van der Waals surface area contributed by atoms with E-state index in [0.717, 1.165) is 36.4 Å². The highest BCUT2D eigenvalue weighted by molar-refractivity contribution is 6.21. The molecule has 0 N–H and O–H groups in total. The Morgan fingerprint density at radius 1 is 0.806 bits per heavy atom. The van der Waals surface area contributed by atoms with Crippen molar-refractivity contribution >= 4 is 17.8 Å². The van der Waals surface area contributed by atoms with Crippen LogP contribution in [0.2, 0.25) is 0 Å². The standard InChI is InChI=1S/C22H11F4NO4/c23-14-8-9-15(12-4-3-5-13(10-12)22(24,25)26)18(11-14)21(30)31-27-19(28)16-6-1-2-7-17(16)20(27)29/h1-11H. The maximum atomic E-state index is 13.8. The van der Waals surface area contributed by atoms with Gasteiger partial charge in [0.1, 0.15) is 5.82 Å². The minimum Gasteiger partial charge on any atom is -0.324 e. The van der Waals surface area contributed by atoms with Crippen LogP contribution in [0.5, 0.6) is 0 Å². The van der Waals surface area contributed by atoms with Crippen LogP contribution >= 0.6 is 0 Å². The van der Waals surface area contributed by atoms with Gasteiger partial charge in [0, 0.05) is 0 Å². The summed E-state index contributed by atoms with van der Waals surface area (Å²) in [5.74, 6) is -3.90. The van der Waals surface area contributed by atoms with E-state index < -0.39 is 40.9 Å². The lowest BCUT2D eigenvalue weighted by molar-refractivity contribution is -0.137. The average Bonchev–Trinajstić information content (AvgIpc) is 2.98. The molecule has 0 fully saturated rings. The van der Waals surface area contributed by atoms with Crippen molar-refractivity contribution in [1.29, 1.82) is 0 Å². The van der Waals surface area contributed by atoms with Crippen molar-refractivity contribution in [3.05, 3.63) is 94.8 Å². The van der Waals surface area contributed by atoms with Crippen LogP contribution < -0.4 is 0 Å². The van der Waals surface area contributed by atoms with Gasteiger partial charge in [-0.2, -0.15) is 13.2 Å². The summed E-state index contributed by atoms with van der Waals surface area (Å²) in [5.41, 5.74) is -1.45. The van der Waals surface area contributed by atoms with Crippen LogP contribution in [0, 0.1) is 5.82 Å². The average molecular weight is 429 g/mol. The van der Waals surface area contributed by atoms with Gasteiger partial charge >= 0.3 is 12.1 Å². The van der Waals surface area contributed by atoms with E-state index in [-0.39, 0.29) is 27.3 Å². The number of benzene rings is 3. The molecule has 0 aliphatic carbocycles. The summed E-state index contributed by atoms with van der Waals surface area (Å²) in [6, 6.07) is 12.7. The van der Waals surface area contributed by atoms with Crippen molar-refractivity contribution in [2.24, 2.45) is 0 Å². The molecular formula is C22H11F4NO4. The van der Waals surface area contributed by atoms with Crippen LogP contribution in [0.4, 0.5) is 17.6 Å². The van der Waals surface area contributed by atoms with Crippen molar-refractivity contribution in [1.82, 2.24) is 5.06 Å². The van der Waals surface area contributed by atoms with Crippen LogP contribution in [0.15, 0.2) is 66.7 Å². The van der Waals surface area contributed by atoms with E-state index >= 15 is 0 Å². The highest BCUT2D eigenvalue weighted by atomic mass is 19.4. The molecule has 0 aromatic heterocycles. The molecule has 0 saturated heterocycles.